The minimum absolute atomic E-state index is 0.320. The van der Waals surface area contributed by atoms with Crippen molar-refractivity contribution < 1.29 is 8.42 Å². The van der Waals surface area contributed by atoms with E-state index in [0.717, 1.165) is 27.8 Å². The quantitative estimate of drug-likeness (QED) is 0.510. The Morgan fingerprint density at radius 1 is 0.967 bits per heavy atom. The summed E-state index contributed by atoms with van der Waals surface area (Å²) in [5.74, 6) is 0. The minimum Gasteiger partial charge on any atom is -0.276 e. The van der Waals surface area contributed by atoms with Crippen molar-refractivity contribution >= 4 is 38.9 Å². The predicted octanol–water partition coefficient (Wildman–Crippen LogP) is 5.89. The molecule has 0 atom stereocenters. The molecule has 1 heterocycles. The molecule has 0 aliphatic rings. The number of halogens is 2. The zero-order chi connectivity index (χ0) is 22.4. The number of nitrogens with one attached hydrogen (secondary N) is 1. The molecule has 0 spiro atoms. The minimum atomic E-state index is -3.80. The number of sulfonamides is 1. The van der Waals surface area contributed by atoms with E-state index in [0.29, 0.717) is 38.6 Å². The van der Waals surface area contributed by atoms with E-state index in [1.165, 1.54) is 0 Å². The second-order valence-electron chi connectivity index (χ2n) is 7.60. The fraction of sp³-hybridized carbons (Fsp3) is 0.318. The number of hydrogen-bond donors (Lipinski definition) is 1. The van der Waals surface area contributed by atoms with Crippen LogP contribution in [-0.2, 0) is 16.6 Å². The molecule has 5 nitrogen and oxygen atoms in total. The van der Waals surface area contributed by atoms with Crippen LogP contribution in [0.2, 0.25) is 10.0 Å². The lowest BCUT2D eigenvalue weighted by atomic mass is 10.0. The van der Waals surface area contributed by atoms with Crippen molar-refractivity contribution in [3.8, 4) is 0 Å². The number of aryl methyl sites for hydroxylation is 3. The molecule has 0 fully saturated rings. The summed E-state index contributed by atoms with van der Waals surface area (Å²) in [5.41, 5.74) is 5.85. The topological polar surface area (TPSA) is 64.0 Å². The first-order chi connectivity index (χ1) is 13.9. The van der Waals surface area contributed by atoms with Crippen molar-refractivity contribution in [3.05, 3.63) is 73.5 Å². The van der Waals surface area contributed by atoms with Crippen LogP contribution in [0.25, 0.3) is 0 Å². The molecule has 0 amide bonds. The molecule has 1 aromatic heterocycles. The maximum Gasteiger partial charge on any atom is 0.262 e. The number of hydrogen-bond acceptors (Lipinski definition) is 3. The van der Waals surface area contributed by atoms with Crippen molar-refractivity contribution in [1.29, 1.82) is 0 Å². The molecule has 0 radical (unpaired) electrons. The number of aromatic nitrogens is 2. The highest BCUT2D eigenvalue weighted by Crippen LogP contribution is 2.31. The molecular formula is C22H25Cl2N3O2S. The van der Waals surface area contributed by atoms with E-state index in [1.807, 2.05) is 40.7 Å². The summed E-state index contributed by atoms with van der Waals surface area (Å²) in [6, 6.07) is 7.32. The van der Waals surface area contributed by atoms with Crippen LogP contribution in [0.4, 0.5) is 5.69 Å². The highest BCUT2D eigenvalue weighted by Gasteiger charge is 2.25. The molecule has 8 heteroatoms. The van der Waals surface area contributed by atoms with Gasteiger partial charge in [0.25, 0.3) is 10.0 Å². The first-order valence-corrected chi connectivity index (χ1v) is 11.7. The van der Waals surface area contributed by atoms with Crippen LogP contribution >= 0.6 is 23.2 Å². The van der Waals surface area contributed by atoms with Crippen LogP contribution in [0.3, 0.4) is 0 Å². The monoisotopic (exact) mass is 465 g/mol. The average molecular weight is 466 g/mol. The van der Waals surface area contributed by atoms with Crippen molar-refractivity contribution in [2.45, 2.75) is 53.0 Å². The van der Waals surface area contributed by atoms with E-state index < -0.39 is 10.0 Å². The summed E-state index contributed by atoms with van der Waals surface area (Å²) in [5, 5.41) is 5.60. The lowest BCUT2D eigenvalue weighted by Crippen LogP contribution is -2.18. The van der Waals surface area contributed by atoms with Crippen LogP contribution < -0.4 is 4.72 Å². The van der Waals surface area contributed by atoms with Crippen LogP contribution in [0.15, 0.2) is 29.2 Å². The summed E-state index contributed by atoms with van der Waals surface area (Å²) < 4.78 is 31.2. The molecular weight excluding hydrogens is 441 g/mol. The van der Waals surface area contributed by atoms with Gasteiger partial charge in [0.05, 0.1) is 28.5 Å². The molecule has 0 aliphatic carbocycles. The molecule has 0 unspecified atom stereocenters. The number of anilines is 1. The van der Waals surface area contributed by atoms with Gasteiger partial charge in [0, 0.05) is 15.6 Å². The molecule has 1 N–H and O–H groups in total. The van der Waals surface area contributed by atoms with Crippen molar-refractivity contribution in [2.24, 2.45) is 0 Å². The standard InChI is InChI=1S/C22H25Cl2N3O2S/c1-12-10-13(2)15(4)22(14(12)3)30(28,29)26-21-16(5)25-27(17(21)6)11-18-19(23)8-7-9-20(18)24/h7-10,26H,11H2,1-6H3. The molecule has 2 aromatic carbocycles. The van der Waals surface area contributed by atoms with Gasteiger partial charge in [-0.25, -0.2) is 8.42 Å². The van der Waals surface area contributed by atoms with Crippen molar-refractivity contribution in [2.75, 3.05) is 4.72 Å². The third kappa shape index (κ3) is 4.09. The predicted molar refractivity (Wildman–Crippen MR) is 123 cm³/mol. The molecule has 0 saturated heterocycles. The Balaban J connectivity index is 2.03. The van der Waals surface area contributed by atoms with Gasteiger partial charge in [0.15, 0.2) is 0 Å². The van der Waals surface area contributed by atoms with Gasteiger partial charge in [-0.1, -0.05) is 35.3 Å². The third-order valence-corrected chi connectivity index (χ3v) is 7.88. The van der Waals surface area contributed by atoms with Crippen LogP contribution in [-0.4, -0.2) is 18.2 Å². The molecule has 0 saturated carbocycles. The Labute approximate surface area is 188 Å². The third-order valence-electron chi connectivity index (χ3n) is 5.55. The number of rotatable bonds is 5. The molecule has 0 bridgehead atoms. The van der Waals surface area contributed by atoms with Crippen molar-refractivity contribution in [3.63, 3.8) is 0 Å². The first-order valence-electron chi connectivity index (χ1n) is 9.51. The highest BCUT2D eigenvalue weighted by molar-refractivity contribution is 7.92. The normalized spacial score (nSPS) is 11.7. The van der Waals surface area contributed by atoms with Gasteiger partial charge < -0.3 is 0 Å². The average Bonchev–Trinajstić information content (AvgIpc) is 2.90. The van der Waals surface area contributed by atoms with Gasteiger partial charge in [0.1, 0.15) is 0 Å². The second-order valence-corrected chi connectivity index (χ2v) is 10.0. The Kier molecular flexibility index (Phi) is 6.23. The Hall–Kier alpha value is -2.02. The lowest BCUT2D eigenvalue weighted by Gasteiger charge is -2.17. The van der Waals surface area contributed by atoms with Crippen molar-refractivity contribution in [1.82, 2.24) is 9.78 Å². The van der Waals surface area contributed by atoms with Gasteiger partial charge >= 0.3 is 0 Å². The fourth-order valence-electron chi connectivity index (χ4n) is 3.60. The highest BCUT2D eigenvalue weighted by atomic mass is 35.5. The zero-order valence-corrected chi connectivity index (χ0v) is 20.2. The van der Waals surface area contributed by atoms with Gasteiger partial charge in [0.2, 0.25) is 0 Å². The molecule has 160 valence electrons. The maximum atomic E-state index is 13.3. The van der Waals surface area contributed by atoms with E-state index in [1.54, 1.807) is 29.8 Å². The fourth-order valence-corrected chi connectivity index (χ4v) is 5.91. The van der Waals surface area contributed by atoms with Crippen LogP contribution in [0.5, 0.6) is 0 Å². The summed E-state index contributed by atoms with van der Waals surface area (Å²) in [4.78, 5) is 0.320. The maximum absolute atomic E-state index is 13.3. The summed E-state index contributed by atoms with van der Waals surface area (Å²) in [6.07, 6.45) is 0. The smallest absolute Gasteiger partial charge is 0.262 e. The molecule has 3 aromatic rings. The van der Waals surface area contributed by atoms with E-state index in [-0.39, 0.29) is 0 Å². The molecule has 30 heavy (non-hydrogen) atoms. The Morgan fingerprint density at radius 3 is 2.03 bits per heavy atom. The summed E-state index contributed by atoms with van der Waals surface area (Å²) in [7, 11) is -3.80. The van der Waals surface area contributed by atoms with Gasteiger partial charge in [-0.3, -0.25) is 9.40 Å². The molecule has 0 aliphatic heterocycles. The Bertz CT molecular complexity index is 1200. The number of benzene rings is 2. The number of nitrogens with zero attached hydrogens (tertiary/aromatic N) is 2. The van der Waals surface area contributed by atoms with Crippen LogP contribution in [0.1, 0.15) is 39.2 Å². The zero-order valence-electron chi connectivity index (χ0n) is 17.9. The van der Waals surface area contributed by atoms with Gasteiger partial charge in [-0.05, 0) is 75.9 Å². The second kappa shape index (κ2) is 8.25. The summed E-state index contributed by atoms with van der Waals surface area (Å²) in [6.45, 7) is 11.4. The molecule has 3 rings (SSSR count). The van der Waals surface area contributed by atoms with E-state index in [4.69, 9.17) is 23.2 Å². The first kappa shape index (κ1) is 22.7. The largest absolute Gasteiger partial charge is 0.276 e. The lowest BCUT2D eigenvalue weighted by molar-refractivity contribution is 0.599. The van der Waals surface area contributed by atoms with E-state index in [9.17, 15) is 8.42 Å². The van der Waals surface area contributed by atoms with E-state index in [2.05, 4.69) is 9.82 Å². The van der Waals surface area contributed by atoms with Crippen LogP contribution in [0, 0.1) is 41.5 Å². The summed E-state index contributed by atoms with van der Waals surface area (Å²) >= 11 is 12.6. The Morgan fingerprint density at radius 2 is 1.50 bits per heavy atom. The van der Waals surface area contributed by atoms with Gasteiger partial charge in [-0.2, -0.15) is 5.10 Å². The SMILES string of the molecule is Cc1cc(C)c(C)c(S(=O)(=O)Nc2c(C)nn(Cc3c(Cl)cccc3Cl)c2C)c1C. The van der Waals surface area contributed by atoms with E-state index >= 15 is 0 Å². The van der Waals surface area contributed by atoms with Gasteiger partial charge in [-0.15, -0.1) is 0 Å².